The molecular formula is C12H20N2O3. The van der Waals surface area contributed by atoms with Crippen LogP contribution >= 0.6 is 0 Å². The third-order valence-corrected chi connectivity index (χ3v) is 3.07. The number of carbonyl (C=O) groups is 2. The summed E-state index contributed by atoms with van der Waals surface area (Å²) in [4.78, 5) is 22.4. The summed E-state index contributed by atoms with van der Waals surface area (Å²) in [7, 11) is 0. The van der Waals surface area contributed by atoms with Gasteiger partial charge in [-0.05, 0) is 26.2 Å². The first-order valence-electron chi connectivity index (χ1n) is 5.95. The van der Waals surface area contributed by atoms with Crippen LogP contribution in [-0.4, -0.2) is 29.2 Å². The van der Waals surface area contributed by atoms with Gasteiger partial charge in [-0.3, -0.25) is 4.79 Å². The van der Waals surface area contributed by atoms with Crippen LogP contribution in [0.3, 0.4) is 0 Å². The molecular weight excluding hydrogens is 220 g/mol. The van der Waals surface area contributed by atoms with E-state index in [-0.39, 0.29) is 24.0 Å². The van der Waals surface area contributed by atoms with Crippen molar-refractivity contribution in [1.82, 2.24) is 10.6 Å². The number of aliphatic carboxylic acids is 1. The molecule has 96 valence electrons. The summed E-state index contributed by atoms with van der Waals surface area (Å²) >= 11 is 0. The molecule has 1 fully saturated rings. The van der Waals surface area contributed by atoms with E-state index in [0.29, 0.717) is 12.8 Å². The number of amides is 2. The summed E-state index contributed by atoms with van der Waals surface area (Å²) in [6.07, 6.45) is 4.56. The highest BCUT2D eigenvalue weighted by Crippen LogP contribution is 2.24. The molecule has 1 rings (SSSR count). The molecule has 0 aromatic rings. The molecule has 3 N–H and O–H groups in total. The van der Waals surface area contributed by atoms with Gasteiger partial charge in [-0.25, -0.2) is 4.79 Å². The van der Waals surface area contributed by atoms with E-state index in [1.807, 2.05) is 6.92 Å². The van der Waals surface area contributed by atoms with E-state index in [2.05, 4.69) is 17.2 Å². The summed E-state index contributed by atoms with van der Waals surface area (Å²) in [5.41, 5.74) is 0. The molecule has 0 saturated heterocycles. The minimum atomic E-state index is -0.767. The van der Waals surface area contributed by atoms with Gasteiger partial charge in [0.25, 0.3) is 0 Å². The molecule has 1 saturated carbocycles. The smallest absolute Gasteiger partial charge is 0.315 e. The van der Waals surface area contributed by atoms with Crippen molar-refractivity contribution in [3.8, 4) is 0 Å². The van der Waals surface area contributed by atoms with Crippen molar-refractivity contribution in [2.75, 3.05) is 0 Å². The fraction of sp³-hybridized carbons (Fsp3) is 0.667. The zero-order chi connectivity index (χ0) is 12.8. The zero-order valence-corrected chi connectivity index (χ0v) is 10.1. The van der Waals surface area contributed by atoms with E-state index in [4.69, 9.17) is 5.11 Å². The minimum Gasteiger partial charge on any atom is -0.481 e. The van der Waals surface area contributed by atoms with Crippen molar-refractivity contribution in [2.24, 2.45) is 5.92 Å². The van der Waals surface area contributed by atoms with Crippen LogP contribution < -0.4 is 10.6 Å². The summed E-state index contributed by atoms with van der Waals surface area (Å²) in [5, 5.41) is 14.4. The molecule has 17 heavy (non-hydrogen) atoms. The molecule has 0 heterocycles. The first-order valence-corrected chi connectivity index (χ1v) is 5.95. The molecule has 0 aliphatic heterocycles. The lowest BCUT2D eigenvalue weighted by atomic mass is 9.86. The Morgan fingerprint density at radius 1 is 1.47 bits per heavy atom. The van der Waals surface area contributed by atoms with Gasteiger partial charge in [0.2, 0.25) is 0 Å². The SMILES string of the molecule is C=CC(C)NC(=O)NC1CCCC(C(=O)O)C1. The van der Waals surface area contributed by atoms with Gasteiger partial charge in [0.1, 0.15) is 0 Å². The largest absolute Gasteiger partial charge is 0.481 e. The third-order valence-electron chi connectivity index (χ3n) is 3.07. The highest BCUT2D eigenvalue weighted by molar-refractivity contribution is 5.75. The number of carbonyl (C=O) groups excluding carboxylic acids is 1. The van der Waals surface area contributed by atoms with Gasteiger partial charge in [-0.15, -0.1) is 6.58 Å². The molecule has 2 amide bonds. The molecule has 5 nitrogen and oxygen atoms in total. The number of hydrogen-bond donors (Lipinski definition) is 3. The molecule has 0 spiro atoms. The molecule has 0 bridgehead atoms. The number of urea groups is 1. The Kier molecular flexibility index (Phi) is 5.00. The van der Waals surface area contributed by atoms with Crippen LogP contribution in [0.2, 0.25) is 0 Å². The number of hydrogen-bond acceptors (Lipinski definition) is 2. The second kappa shape index (κ2) is 6.27. The number of carboxylic acid groups (broad SMARTS) is 1. The van der Waals surface area contributed by atoms with Gasteiger partial charge in [0, 0.05) is 12.1 Å². The zero-order valence-electron chi connectivity index (χ0n) is 10.1. The van der Waals surface area contributed by atoms with Crippen molar-refractivity contribution < 1.29 is 14.7 Å². The molecule has 3 atom stereocenters. The maximum atomic E-state index is 11.5. The Morgan fingerprint density at radius 3 is 2.76 bits per heavy atom. The number of rotatable bonds is 4. The second-order valence-corrected chi connectivity index (χ2v) is 4.54. The van der Waals surface area contributed by atoms with Gasteiger partial charge in [-0.1, -0.05) is 12.5 Å². The predicted molar refractivity (Wildman–Crippen MR) is 64.7 cm³/mol. The van der Waals surface area contributed by atoms with Gasteiger partial charge in [0.15, 0.2) is 0 Å². The molecule has 0 aromatic carbocycles. The minimum absolute atomic E-state index is 0.0399. The molecule has 5 heteroatoms. The average molecular weight is 240 g/mol. The Labute approximate surface area is 101 Å². The lowest BCUT2D eigenvalue weighted by Crippen LogP contribution is -2.47. The van der Waals surface area contributed by atoms with Gasteiger partial charge in [0.05, 0.1) is 5.92 Å². The first-order chi connectivity index (χ1) is 8.02. The summed E-state index contributed by atoms with van der Waals surface area (Å²) < 4.78 is 0. The van der Waals surface area contributed by atoms with E-state index in [0.717, 1.165) is 12.8 Å². The molecule has 1 aliphatic rings. The number of nitrogens with one attached hydrogen (secondary N) is 2. The lowest BCUT2D eigenvalue weighted by molar-refractivity contribution is -0.143. The van der Waals surface area contributed by atoms with Crippen LogP contribution in [0.5, 0.6) is 0 Å². The molecule has 0 aromatic heterocycles. The maximum Gasteiger partial charge on any atom is 0.315 e. The summed E-state index contributed by atoms with van der Waals surface area (Å²) in [6.45, 7) is 5.40. The van der Waals surface area contributed by atoms with E-state index in [9.17, 15) is 9.59 Å². The van der Waals surface area contributed by atoms with Crippen molar-refractivity contribution in [3.63, 3.8) is 0 Å². The highest BCUT2D eigenvalue weighted by atomic mass is 16.4. The van der Waals surface area contributed by atoms with Crippen molar-refractivity contribution in [2.45, 2.75) is 44.7 Å². The maximum absolute atomic E-state index is 11.5. The van der Waals surface area contributed by atoms with E-state index < -0.39 is 5.97 Å². The Hall–Kier alpha value is -1.52. The van der Waals surface area contributed by atoms with Crippen molar-refractivity contribution >= 4 is 12.0 Å². The third kappa shape index (κ3) is 4.46. The van der Waals surface area contributed by atoms with Crippen LogP contribution in [-0.2, 0) is 4.79 Å². The van der Waals surface area contributed by atoms with Crippen molar-refractivity contribution in [1.29, 1.82) is 0 Å². The standard InChI is InChI=1S/C12H20N2O3/c1-3-8(2)13-12(17)14-10-6-4-5-9(7-10)11(15)16/h3,8-10H,1,4-7H2,2H3,(H,15,16)(H2,13,14,17). The lowest BCUT2D eigenvalue weighted by Gasteiger charge is -2.27. The van der Waals surface area contributed by atoms with E-state index in [1.165, 1.54) is 0 Å². The van der Waals surface area contributed by atoms with Gasteiger partial charge < -0.3 is 15.7 Å². The summed E-state index contributed by atoms with van der Waals surface area (Å²) in [6, 6.07) is -0.385. The first kappa shape index (κ1) is 13.5. The predicted octanol–water partition coefficient (Wildman–Crippen LogP) is 1.50. The van der Waals surface area contributed by atoms with E-state index in [1.54, 1.807) is 6.08 Å². The number of carboxylic acids is 1. The fourth-order valence-corrected chi connectivity index (χ4v) is 2.04. The Bertz CT molecular complexity index is 304. The molecule has 3 unspecified atom stereocenters. The monoisotopic (exact) mass is 240 g/mol. The van der Waals surface area contributed by atoms with Gasteiger partial charge in [-0.2, -0.15) is 0 Å². The van der Waals surface area contributed by atoms with Gasteiger partial charge >= 0.3 is 12.0 Å². The topological polar surface area (TPSA) is 78.4 Å². The quantitative estimate of drug-likeness (QED) is 0.652. The van der Waals surface area contributed by atoms with Crippen LogP contribution in [0.25, 0.3) is 0 Å². The van der Waals surface area contributed by atoms with Crippen LogP contribution in [0.15, 0.2) is 12.7 Å². The average Bonchev–Trinajstić information content (AvgIpc) is 2.28. The van der Waals surface area contributed by atoms with Crippen LogP contribution in [0, 0.1) is 5.92 Å². The Balaban J connectivity index is 2.38. The molecule has 1 aliphatic carbocycles. The normalized spacial score (nSPS) is 25.7. The summed E-state index contributed by atoms with van der Waals surface area (Å²) in [5.74, 6) is -1.10. The fourth-order valence-electron chi connectivity index (χ4n) is 2.04. The van der Waals surface area contributed by atoms with Crippen LogP contribution in [0.1, 0.15) is 32.6 Å². The Morgan fingerprint density at radius 2 is 2.18 bits per heavy atom. The van der Waals surface area contributed by atoms with E-state index >= 15 is 0 Å². The molecule has 0 radical (unpaired) electrons. The van der Waals surface area contributed by atoms with Crippen LogP contribution in [0.4, 0.5) is 4.79 Å². The highest BCUT2D eigenvalue weighted by Gasteiger charge is 2.27. The van der Waals surface area contributed by atoms with Crippen molar-refractivity contribution in [3.05, 3.63) is 12.7 Å². The second-order valence-electron chi connectivity index (χ2n) is 4.54.